The average molecular weight is 362 g/mol. The van der Waals surface area contributed by atoms with E-state index in [1.165, 1.54) is 32.3 Å². The molecule has 0 aliphatic heterocycles. The van der Waals surface area contributed by atoms with E-state index >= 15 is 0 Å². The van der Waals surface area contributed by atoms with Crippen molar-refractivity contribution in [2.24, 2.45) is 0 Å². The topological polar surface area (TPSA) is 92.8 Å². The van der Waals surface area contributed by atoms with Gasteiger partial charge in [0.15, 0.2) is 6.61 Å². The molecule has 25 heavy (non-hydrogen) atoms. The third kappa shape index (κ3) is 4.88. The lowest BCUT2D eigenvalue weighted by molar-refractivity contribution is -0.119. The zero-order chi connectivity index (χ0) is 18.4. The highest BCUT2D eigenvalue weighted by atomic mass is 32.2. The van der Waals surface area contributed by atoms with Gasteiger partial charge in [0.1, 0.15) is 0 Å². The van der Waals surface area contributed by atoms with Crippen molar-refractivity contribution in [3.63, 3.8) is 0 Å². The number of carbonyl (C=O) groups is 2. The van der Waals surface area contributed by atoms with Crippen LogP contribution in [-0.2, 0) is 19.6 Å². The van der Waals surface area contributed by atoms with E-state index in [1.54, 1.807) is 36.4 Å². The van der Waals surface area contributed by atoms with Crippen molar-refractivity contribution in [1.29, 1.82) is 0 Å². The van der Waals surface area contributed by atoms with Crippen LogP contribution in [0.2, 0.25) is 0 Å². The highest BCUT2D eigenvalue weighted by Gasteiger charge is 2.18. The SMILES string of the molecule is CN(C)S(=O)(=O)c1cccc(NC(=O)COC(=O)c2ccccc2)c1. The Morgan fingerprint density at radius 3 is 2.36 bits per heavy atom. The van der Waals surface area contributed by atoms with Crippen molar-refractivity contribution in [3.05, 3.63) is 60.2 Å². The molecule has 0 radical (unpaired) electrons. The van der Waals surface area contributed by atoms with Gasteiger partial charge in [-0.2, -0.15) is 0 Å². The van der Waals surface area contributed by atoms with Crippen LogP contribution in [0, 0.1) is 0 Å². The maximum absolute atomic E-state index is 12.1. The first-order valence-electron chi connectivity index (χ1n) is 7.35. The number of hydrogen-bond acceptors (Lipinski definition) is 5. The van der Waals surface area contributed by atoms with E-state index in [0.717, 1.165) is 4.31 Å². The van der Waals surface area contributed by atoms with Crippen LogP contribution in [0.3, 0.4) is 0 Å². The lowest BCUT2D eigenvalue weighted by Crippen LogP contribution is -2.23. The largest absolute Gasteiger partial charge is 0.452 e. The van der Waals surface area contributed by atoms with Crippen LogP contribution < -0.4 is 5.32 Å². The Balaban J connectivity index is 1.98. The minimum Gasteiger partial charge on any atom is -0.452 e. The zero-order valence-electron chi connectivity index (χ0n) is 13.8. The fourth-order valence-electron chi connectivity index (χ4n) is 1.93. The van der Waals surface area contributed by atoms with Gasteiger partial charge in [-0.3, -0.25) is 4.79 Å². The first-order valence-corrected chi connectivity index (χ1v) is 8.79. The number of rotatable bonds is 6. The Kier molecular flexibility index (Phi) is 5.89. The van der Waals surface area contributed by atoms with Gasteiger partial charge >= 0.3 is 5.97 Å². The van der Waals surface area contributed by atoms with Crippen LogP contribution in [0.4, 0.5) is 5.69 Å². The normalized spacial score (nSPS) is 11.2. The summed E-state index contributed by atoms with van der Waals surface area (Å²) in [7, 11) is -0.760. The van der Waals surface area contributed by atoms with Gasteiger partial charge in [-0.15, -0.1) is 0 Å². The van der Waals surface area contributed by atoms with Crippen molar-refractivity contribution in [2.75, 3.05) is 26.0 Å². The molecule has 0 saturated carbocycles. The number of nitrogens with zero attached hydrogens (tertiary/aromatic N) is 1. The molecular formula is C17H18N2O5S. The Bertz CT molecular complexity index is 864. The summed E-state index contributed by atoms with van der Waals surface area (Å²) in [6.45, 7) is -0.474. The van der Waals surface area contributed by atoms with Crippen LogP contribution in [0.15, 0.2) is 59.5 Å². The standard InChI is InChI=1S/C17H18N2O5S/c1-19(2)25(22,23)15-10-6-9-14(11-15)18-16(20)12-24-17(21)13-7-4-3-5-8-13/h3-11H,12H2,1-2H3,(H,18,20). The van der Waals surface area contributed by atoms with E-state index in [2.05, 4.69) is 5.32 Å². The summed E-state index contributed by atoms with van der Waals surface area (Å²) in [5, 5.41) is 2.50. The number of benzene rings is 2. The molecule has 0 heterocycles. The molecule has 8 heteroatoms. The Morgan fingerprint density at radius 1 is 1.04 bits per heavy atom. The number of sulfonamides is 1. The van der Waals surface area contributed by atoms with Crippen LogP contribution in [-0.4, -0.2) is 45.3 Å². The predicted molar refractivity (Wildman–Crippen MR) is 92.7 cm³/mol. The number of nitrogens with one attached hydrogen (secondary N) is 1. The molecule has 1 N–H and O–H groups in total. The van der Waals surface area contributed by atoms with Gasteiger partial charge in [-0.1, -0.05) is 24.3 Å². The Labute approximate surface area is 146 Å². The summed E-state index contributed by atoms with van der Waals surface area (Å²) >= 11 is 0. The highest BCUT2D eigenvalue weighted by Crippen LogP contribution is 2.17. The highest BCUT2D eigenvalue weighted by molar-refractivity contribution is 7.89. The molecule has 0 aliphatic rings. The van der Waals surface area contributed by atoms with E-state index in [4.69, 9.17) is 4.74 Å². The summed E-state index contributed by atoms with van der Waals surface area (Å²) in [6.07, 6.45) is 0. The minimum absolute atomic E-state index is 0.0524. The molecule has 7 nitrogen and oxygen atoms in total. The summed E-state index contributed by atoms with van der Waals surface area (Å²) in [6, 6.07) is 14.1. The van der Waals surface area contributed by atoms with Crippen molar-refractivity contribution in [3.8, 4) is 0 Å². The van der Waals surface area contributed by atoms with Crippen LogP contribution in [0.5, 0.6) is 0 Å². The summed E-state index contributed by atoms with van der Waals surface area (Å²) in [5.41, 5.74) is 0.637. The smallest absolute Gasteiger partial charge is 0.338 e. The lowest BCUT2D eigenvalue weighted by atomic mass is 10.2. The maximum atomic E-state index is 12.1. The van der Waals surface area contributed by atoms with E-state index in [0.29, 0.717) is 11.3 Å². The molecule has 0 bridgehead atoms. The summed E-state index contributed by atoms with van der Waals surface area (Å²) in [4.78, 5) is 23.7. The first-order chi connectivity index (χ1) is 11.8. The molecule has 0 saturated heterocycles. The van der Waals surface area contributed by atoms with E-state index in [9.17, 15) is 18.0 Å². The summed E-state index contributed by atoms with van der Waals surface area (Å²) in [5.74, 6) is -1.18. The van der Waals surface area contributed by atoms with Gasteiger partial charge in [0, 0.05) is 19.8 Å². The molecule has 132 valence electrons. The molecule has 2 aromatic carbocycles. The molecule has 0 fully saturated rings. The van der Waals surface area contributed by atoms with Crippen molar-refractivity contribution in [1.82, 2.24) is 4.31 Å². The molecule has 0 atom stereocenters. The van der Waals surface area contributed by atoms with Gasteiger partial charge in [-0.05, 0) is 30.3 Å². The van der Waals surface area contributed by atoms with Crippen LogP contribution in [0.25, 0.3) is 0 Å². The van der Waals surface area contributed by atoms with Gasteiger partial charge in [0.2, 0.25) is 10.0 Å². The lowest BCUT2D eigenvalue weighted by Gasteiger charge is -2.12. The number of hydrogen-bond donors (Lipinski definition) is 1. The van der Waals surface area contributed by atoms with E-state index < -0.39 is 28.5 Å². The number of carbonyl (C=O) groups excluding carboxylic acids is 2. The summed E-state index contributed by atoms with van der Waals surface area (Å²) < 4.78 is 30.2. The number of amides is 1. The van der Waals surface area contributed by atoms with Crippen LogP contribution in [0.1, 0.15) is 10.4 Å². The quantitative estimate of drug-likeness (QED) is 0.790. The number of anilines is 1. The fourth-order valence-corrected chi connectivity index (χ4v) is 2.88. The van der Waals surface area contributed by atoms with Crippen molar-refractivity contribution in [2.45, 2.75) is 4.90 Å². The Hall–Kier alpha value is -2.71. The van der Waals surface area contributed by atoms with E-state index in [1.807, 2.05) is 0 Å². The minimum atomic E-state index is -3.60. The molecule has 0 aliphatic carbocycles. The monoisotopic (exact) mass is 362 g/mol. The molecule has 2 aromatic rings. The molecule has 2 rings (SSSR count). The second kappa shape index (κ2) is 7.91. The first kappa shape index (κ1) is 18.6. The van der Waals surface area contributed by atoms with Gasteiger partial charge < -0.3 is 10.1 Å². The van der Waals surface area contributed by atoms with Gasteiger partial charge in [0.25, 0.3) is 5.91 Å². The maximum Gasteiger partial charge on any atom is 0.338 e. The number of ether oxygens (including phenoxy) is 1. The molecule has 0 unspecified atom stereocenters. The molecule has 0 spiro atoms. The Morgan fingerprint density at radius 2 is 1.72 bits per heavy atom. The molecule has 1 amide bonds. The molecule has 0 aromatic heterocycles. The third-order valence-electron chi connectivity index (χ3n) is 3.24. The van der Waals surface area contributed by atoms with Crippen molar-refractivity contribution >= 4 is 27.6 Å². The van der Waals surface area contributed by atoms with Crippen LogP contribution >= 0.6 is 0 Å². The average Bonchev–Trinajstić information content (AvgIpc) is 2.60. The van der Waals surface area contributed by atoms with Gasteiger partial charge in [-0.25, -0.2) is 17.5 Å². The second-order valence-corrected chi connectivity index (χ2v) is 7.46. The van der Waals surface area contributed by atoms with E-state index in [-0.39, 0.29) is 4.90 Å². The third-order valence-corrected chi connectivity index (χ3v) is 5.05. The fraction of sp³-hybridized carbons (Fsp3) is 0.176. The second-order valence-electron chi connectivity index (χ2n) is 5.31. The predicted octanol–water partition coefficient (Wildman–Crippen LogP) is 1.73. The molecular weight excluding hydrogens is 344 g/mol. The number of esters is 1. The zero-order valence-corrected chi connectivity index (χ0v) is 14.6. The van der Waals surface area contributed by atoms with Gasteiger partial charge in [0.05, 0.1) is 10.5 Å². The van der Waals surface area contributed by atoms with Crippen molar-refractivity contribution < 1.29 is 22.7 Å².